The van der Waals surface area contributed by atoms with Crippen molar-refractivity contribution < 1.29 is 14.0 Å². The fourth-order valence-electron chi connectivity index (χ4n) is 2.36. The molecule has 4 nitrogen and oxygen atoms in total. The maximum atomic E-state index is 13.2. The van der Waals surface area contributed by atoms with Crippen LogP contribution in [0.5, 0.6) is 0 Å². The molecule has 6 heteroatoms. The third-order valence-corrected chi connectivity index (χ3v) is 4.23. The van der Waals surface area contributed by atoms with Gasteiger partial charge in [0.1, 0.15) is 5.82 Å². The van der Waals surface area contributed by atoms with Gasteiger partial charge < -0.3 is 9.80 Å². The Kier molecular flexibility index (Phi) is 5.33. The molecule has 0 unspecified atom stereocenters. The number of amides is 2. The van der Waals surface area contributed by atoms with Crippen molar-refractivity contribution in [3.05, 3.63) is 34.1 Å². The van der Waals surface area contributed by atoms with E-state index in [2.05, 4.69) is 15.9 Å². The summed E-state index contributed by atoms with van der Waals surface area (Å²) in [6, 6.07) is 4.60. The van der Waals surface area contributed by atoms with Crippen LogP contribution in [0.15, 0.2) is 22.7 Å². The van der Waals surface area contributed by atoms with Crippen molar-refractivity contribution in [2.75, 3.05) is 26.2 Å². The molecule has 2 amide bonds. The zero-order valence-electron chi connectivity index (χ0n) is 11.9. The summed E-state index contributed by atoms with van der Waals surface area (Å²) in [5, 5.41) is 0. The highest BCUT2D eigenvalue weighted by molar-refractivity contribution is 9.10. The van der Waals surface area contributed by atoms with Crippen molar-refractivity contribution in [3.63, 3.8) is 0 Å². The van der Waals surface area contributed by atoms with E-state index in [-0.39, 0.29) is 24.1 Å². The van der Waals surface area contributed by atoms with Gasteiger partial charge in [-0.2, -0.15) is 0 Å². The maximum Gasteiger partial charge on any atom is 0.227 e. The second-order valence-corrected chi connectivity index (χ2v) is 5.89. The summed E-state index contributed by atoms with van der Waals surface area (Å²) in [5.41, 5.74) is 0.778. The predicted molar refractivity (Wildman–Crippen MR) is 81.3 cm³/mol. The summed E-state index contributed by atoms with van der Waals surface area (Å²) in [7, 11) is 0. The Morgan fingerprint density at radius 2 is 1.71 bits per heavy atom. The van der Waals surface area contributed by atoms with Gasteiger partial charge in [-0.3, -0.25) is 9.59 Å². The van der Waals surface area contributed by atoms with Crippen molar-refractivity contribution >= 4 is 27.7 Å². The van der Waals surface area contributed by atoms with Crippen molar-refractivity contribution in [3.8, 4) is 0 Å². The summed E-state index contributed by atoms with van der Waals surface area (Å²) >= 11 is 3.12. The number of carbonyl (C=O) groups excluding carboxylic acids is 2. The minimum Gasteiger partial charge on any atom is -0.339 e. The van der Waals surface area contributed by atoms with Gasteiger partial charge in [0.2, 0.25) is 11.8 Å². The third-order valence-electron chi connectivity index (χ3n) is 3.63. The van der Waals surface area contributed by atoms with E-state index in [1.807, 2.05) is 6.92 Å². The number of nitrogens with zero attached hydrogens (tertiary/aromatic N) is 2. The summed E-state index contributed by atoms with van der Waals surface area (Å²) in [4.78, 5) is 27.4. The Balaban J connectivity index is 1.90. The molecule has 1 aliphatic heterocycles. The van der Waals surface area contributed by atoms with Gasteiger partial charge >= 0.3 is 0 Å². The Labute approximate surface area is 132 Å². The molecule has 0 bridgehead atoms. The van der Waals surface area contributed by atoms with Crippen LogP contribution < -0.4 is 0 Å². The molecule has 1 fully saturated rings. The number of carbonyl (C=O) groups is 2. The lowest BCUT2D eigenvalue weighted by atomic mass is 10.1. The highest BCUT2D eigenvalue weighted by Gasteiger charge is 2.23. The largest absolute Gasteiger partial charge is 0.339 e. The molecule has 0 aromatic heterocycles. The highest BCUT2D eigenvalue weighted by Crippen LogP contribution is 2.18. The molecule has 0 spiro atoms. The summed E-state index contributed by atoms with van der Waals surface area (Å²) in [5.74, 6) is -0.195. The molecular formula is C15H18BrFN2O2. The van der Waals surface area contributed by atoms with Crippen molar-refractivity contribution in [1.82, 2.24) is 9.80 Å². The van der Waals surface area contributed by atoms with Crippen LogP contribution in [-0.4, -0.2) is 47.8 Å². The first kappa shape index (κ1) is 15.9. The van der Waals surface area contributed by atoms with E-state index >= 15 is 0 Å². The first-order valence-electron chi connectivity index (χ1n) is 7.00. The lowest BCUT2D eigenvalue weighted by Gasteiger charge is -2.34. The van der Waals surface area contributed by atoms with E-state index in [9.17, 15) is 14.0 Å². The Morgan fingerprint density at radius 3 is 2.24 bits per heavy atom. The van der Waals surface area contributed by atoms with Crippen molar-refractivity contribution in [2.24, 2.45) is 0 Å². The number of hydrogen-bond acceptors (Lipinski definition) is 2. The van der Waals surface area contributed by atoms with Crippen molar-refractivity contribution in [1.29, 1.82) is 0 Å². The van der Waals surface area contributed by atoms with Crippen LogP contribution in [0.4, 0.5) is 4.39 Å². The number of rotatable bonds is 3. The number of halogens is 2. The number of piperazine rings is 1. The number of hydrogen-bond donors (Lipinski definition) is 0. The molecule has 21 heavy (non-hydrogen) atoms. The SMILES string of the molecule is CCC(=O)N1CCN(C(=O)Cc2ccc(F)c(Br)c2)CC1. The molecule has 0 aliphatic carbocycles. The summed E-state index contributed by atoms with van der Waals surface area (Å²) in [6.45, 7) is 4.14. The molecular weight excluding hydrogens is 339 g/mol. The molecule has 2 rings (SSSR count). The highest BCUT2D eigenvalue weighted by atomic mass is 79.9. The van der Waals surface area contributed by atoms with Gasteiger partial charge in [0.05, 0.1) is 10.9 Å². The van der Waals surface area contributed by atoms with Crippen LogP contribution in [0.25, 0.3) is 0 Å². The quantitative estimate of drug-likeness (QED) is 0.832. The average molecular weight is 357 g/mol. The fraction of sp³-hybridized carbons (Fsp3) is 0.467. The van der Waals surface area contributed by atoms with Crippen LogP contribution in [0, 0.1) is 5.82 Å². The van der Waals surface area contributed by atoms with Gasteiger partial charge in [-0.25, -0.2) is 4.39 Å². The van der Waals surface area contributed by atoms with E-state index in [4.69, 9.17) is 0 Å². The lowest BCUT2D eigenvalue weighted by molar-refractivity contribution is -0.139. The van der Waals surface area contributed by atoms with Crippen LogP contribution >= 0.6 is 15.9 Å². The van der Waals surface area contributed by atoms with E-state index in [1.54, 1.807) is 21.9 Å². The zero-order valence-corrected chi connectivity index (χ0v) is 13.5. The van der Waals surface area contributed by atoms with E-state index in [0.717, 1.165) is 5.56 Å². The molecule has 0 saturated carbocycles. The maximum absolute atomic E-state index is 13.2. The van der Waals surface area contributed by atoms with Gasteiger partial charge in [0.25, 0.3) is 0 Å². The molecule has 1 aliphatic rings. The monoisotopic (exact) mass is 356 g/mol. The molecule has 114 valence electrons. The third kappa shape index (κ3) is 4.03. The molecule has 1 aromatic carbocycles. The minimum absolute atomic E-state index is 0.0112. The normalized spacial score (nSPS) is 15.2. The van der Waals surface area contributed by atoms with Gasteiger partial charge in [0.15, 0.2) is 0 Å². The topological polar surface area (TPSA) is 40.6 Å². The summed E-state index contributed by atoms with van der Waals surface area (Å²) < 4.78 is 13.5. The Bertz CT molecular complexity index is 542. The second-order valence-electron chi connectivity index (χ2n) is 5.04. The standard InChI is InChI=1S/C15H18BrFN2O2/c1-2-14(20)18-5-7-19(8-6-18)15(21)10-11-3-4-13(17)12(16)9-11/h3-4,9H,2,5-8,10H2,1H3. The molecule has 1 aromatic rings. The molecule has 1 heterocycles. The minimum atomic E-state index is -0.335. The lowest BCUT2D eigenvalue weighted by Crippen LogP contribution is -2.50. The molecule has 1 saturated heterocycles. The first-order chi connectivity index (χ1) is 10.0. The fourth-order valence-corrected chi connectivity index (χ4v) is 2.79. The molecule has 0 N–H and O–H groups in total. The second kappa shape index (κ2) is 7.02. The van der Waals surface area contributed by atoms with Crippen molar-refractivity contribution in [2.45, 2.75) is 19.8 Å². The summed E-state index contributed by atoms with van der Waals surface area (Å²) in [6.07, 6.45) is 0.748. The van der Waals surface area contributed by atoms with Crippen LogP contribution in [0.1, 0.15) is 18.9 Å². The van der Waals surface area contributed by atoms with E-state index < -0.39 is 0 Å². The predicted octanol–water partition coefficient (Wildman–Crippen LogP) is 2.21. The van der Waals surface area contributed by atoms with Crippen LogP contribution in [-0.2, 0) is 16.0 Å². The average Bonchev–Trinajstić information content (AvgIpc) is 2.50. The van der Waals surface area contributed by atoms with Gasteiger partial charge in [-0.05, 0) is 33.6 Å². The molecule has 0 radical (unpaired) electrons. The smallest absolute Gasteiger partial charge is 0.227 e. The van der Waals surface area contributed by atoms with E-state index in [1.165, 1.54) is 6.07 Å². The molecule has 0 atom stereocenters. The Hall–Kier alpha value is -1.43. The first-order valence-corrected chi connectivity index (χ1v) is 7.80. The Morgan fingerprint density at radius 1 is 1.14 bits per heavy atom. The van der Waals surface area contributed by atoms with Gasteiger partial charge in [-0.15, -0.1) is 0 Å². The van der Waals surface area contributed by atoms with Gasteiger partial charge in [-0.1, -0.05) is 13.0 Å². The number of benzene rings is 1. The van der Waals surface area contributed by atoms with Crippen LogP contribution in [0.2, 0.25) is 0 Å². The van der Waals surface area contributed by atoms with E-state index in [0.29, 0.717) is 37.1 Å². The zero-order chi connectivity index (χ0) is 15.4. The van der Waals surface area contributed by atoms with Gasteiger partial charge in [0, 0.05) is 32.6 Å². The van der Waals surface area contributed by atoms with Crippen LogP contribution in [0.3, 0.4) is 0 Å².